The molecule has 6 nitrogen and oxygen atoms in total. The topological polar surface area (TPSA) is 62.7 Å². The second kappa shape index (κ2) is 9.35. The molecule has 0 N–H and O–H groups in total. The molecule has 1 aromatic carbocycles. The van der Waals surface area contributed by atoms with Gasteiger partial charge in [-0.25, -0.2) is 0 Å². The highest BCUT2D eigenvalue weighted by molar-refractivity contribution is 5.99. The number of benzene rings is 1. The van der Waals surface area contributed by atoms with Crippen LogP contribution >= 0.6 is 0 Å². The number of hydrogen-bond donors (Lipinski definition) is 0. The average molecular weight is 381 g/mol. The molecule has 2 amide bonds. The van der Waals surface area contributed by atoms with Crippen molar-refractivity contribution in [2.75, 3.05) is 25.1 Å². The van der Waals surface area contributed by atoms with Crippen LogP contribution in [0.25, 0.3) is 0 Å². The van der Waals surface area contributed by atoms with E-state index in [4.69, 9.17) is 4.74 Å². The summed E-state index contributed by atoms with van der Waals surface area (Å²) in [5.41, 5.74) is 1.62. The van der Waals surface area contributed by atoms with E-state index < -0.39 is 0 Å². The summed E-state index contributed by atoms with van der Waals surface area (Å²) in [5, 5.41) is 0. The molecule has 1 saturated heterocycles. The molecule has 0 radical (unpaired) electrons. The molecule has 1 aliphatic heterocycles. The summed E-state index contributed by atoms with van der Waals surface area (Å²) in [6.45, 7) is 2.71. The molecule has 148 valence electrons. The monoisotopic (exact) mass is 381 g/mol. The van der Waals surface area contributed by atoms with E-state index in [0.717, 1.165) is 30.5 Å². The Kier molecular flexibility index (Phi) is 6.63. The number of anilines is 1. The number of aromatic nitrogens is 1. The summed E-state index contributed by atoms with van der Waals surface area (Å²) in [7, 11) is 1.60. The second-order valence-electron chi connectivity index (χ2n) is 7.03. The van der Waals surface area contributed by atoms with E-state index in [1.807, 2.05) is 36.4 Å². The summed E-state index contributed by atoms with van der Waals surface area (Å²) < 4.78 is 5.44. The summed E-state index contributed by atoms with van der Waals surface area (Å²) in [6, 6.07) is 11.2. The zero-order valence-corrected chi connectivity index (χ0v) is 16.5. The molecule has 1 aromatic heterocycles. The SMILES string of the molecule is CCCC[C@H]1CN(c2ccccc2OC)C(=O)CN1C(=O)Cc1cccnc1. The molecule has 0 bridgehead atoms. The van der Waals surface area contributed by atoms with E-state index in [9.17, 15) is 9.59 Å². The fourth-order valence-electron chi connectivity index (χ4n) is 3.61. The number of methoxy groups -OCH3 is 1. The van der Waals surface area contributed by atoms with Crippen LogP contribution in [0.1, 0.15) is 31.7 Å². The lowest BCUT2D eigenvalue weighted by atomic mass is 10.0. The number of piperazine rings is 1. The van der Waals surface area contributed by atoms with Gasteiger partial charge in [-0.3, -0.25) is 14.6 Å². The molecule has 2 aromatic rings. The lowest BCUT2D eigenvalue weighted by Gasteiger charge is -2.41. The minimum Gasteiger partial charge on any atom is -0.495 e. The maximum atomic E-state index is 13.0. The predicted molar refractivity (Wildman–Crippen MR) is 108 cm³/mol. The third kappa shape index (κ3) is 4.50. The first-order valence-electron chi connectivity index (χ1n) is 9.75. The van der Waals surface area contributed by atoms with Gasteiger partial charge in [0, 0.05) is 18.9 Å². The van der Waals surface area contributed by atoms with Gasteiger partial charge in [-0.1, -0.05) is 38.0 Å². The van der Waals surface area contributed by atoms with Gasteiger partial charge in [0.05, 0.1) is 25.3 Å². The van der Waals surface area contributed by atoms with Gasteiger partial charge in [0.2, 0.25) is 11.8 Å². The Morgan fingerprint density at radius 3 is 2.79 bits per heavy atom. The third-order valence-corrected chi connectivity index (χ3v) is 5.11. The average Bonchev–Trinajstić information content (AvgIpc) is 2.73. The summed E-state index contributed by atoms with van der Waals surface area (Å²) >= 11 is 0. The molecule has 6 heteroatoms. The molecular formula is C22H27N3O3. The minimum atomic E-state index is -0.0863. The normalized spacial score (nSPS) is 16.9. The van der Waals surface area contributed by atoms with E-state index in [1.54, 1.807) is 29.3 Å². The molecule has 28 heavy (non-hydrogen) atoms. The van der Waals surface area contributed by atoms with Gasteiger partial charge in [0.1, 0.15) is 12.3 Å². The summed E-state index contributed by atoms with van der Waals surface area (Å²) in [5.74, 6) is 0.555. The quantitative estimate of drug-likeness (QED) is 0.739. The smallest absolute Gasteiger partial charge is 0.246 e. The van der Waals surface area contributed by atoms with Crippen LogP contribution in [0.15, 0.2) is 48.8 Å². The van der Waals surface area contributed by atoms with Crippen molar-refractivity contribution < 1.29 is 14.3 Å². The van der Waals surface area contributed by atoms with Crippen molar-refractivity contribution in [1.29, 1.82) is 0 Å². The fraction of sp³-hybridized carbons (Fsp3) is 0.409. The van der Waals surface area contributed by atoms with Crippen LogP contribution in [-0.2, 0) is 16.0 Å². The van der Waals surface area contributed by atoms with E-state index in [1.165, 1.54) is 0 Å². The van der Waals surface area contributed by atoms with Crippen LogP contribution in [0, 0.1) is 0 Å². The highest BCUT2D eigenvalue weighted by Gasteiger charge is 2.36. The van der Waals surface area contributed by atoms with Crippen molar-refractivity contribution >= 4 is 17.5 Å². The largest absolute Gasteiger partial charge is 0.495 e. The van der Waals surface area contributed by atoms with Gasteiger partial charge in [-0.2, -0.15) is 0 Å². The standard InChI is InChI=1S/C22H27N3O3/c1-3-4-9-18-15-25(19-10-5-6-11-20(19)28-2)22(27)16-24(18)21(26)13-17-8-7-12-23-14-17/h5-8,10-12,14,18H,3-4,9,13,15-16H2,1-2H3/t18-/m0/s1. The number of rotatable bonds is 7. The van der Waals surface area contributed by atoms with Crippen molar-refractivity contribution in [2.24, 2.45) is 0 Å². The molecule has 1 aliphatic rings. The van der Waals surface area contributed by atoms with Gasteiger partial charge in [0.25, 0.3) is 0 Å². The number of carbonyl (C=O) groups is 2. The Morgan fingerprint density at radius 2 is 2.07 bits per heavy atom. The number of nitrogens with zero attached hydrogens (tertiary/aromatic N) is 3. The fourth-order valence-corrected chi connectivity index (χ4v) is 3.61. The molecule has 3 rings (SSSR count). The van der Waals surface area contributed by atoms with E-state index in [2.05, 4.69) is 11.9 Å². The van der Waals surface area contributed by atoms with Crippen LogP contribution in [0.2, 0.25) is 0 Å². The van der Waals surface area contributed by atoms with Crippen molar-refractivity contribution in [3.05, 3.63) is 54.4 Å². The Balaban J connectivity index is 1.81. The van der Waals surface area contributed by atoms with Gasteiger partial charge in [-0.05, 0) is 30.2 Å². The van der Waals surface area contributed by atoms with Crippen LogP contribution in [0.5, 0.6) is 5.75 Å². The van der Waals surface area contributed by atoms with Crippen LogP contribution < -0.4 is 9.64 Å². The molecule has 2 heterocycles. The van der Waals surface area contributed by atoms with Gasteiger partial charge >= 0.3 is 0 Å². The number of pyridine rings is 1. The maximum absolute atomic E-state index is 13.0. The molecule has 0 saturated carbocycles. The van der Waals surface area contributed by atoms with Gasteiger partial charge in [-0.15, -0.1) is 0 Å². The number of amides is 2. The zero-order valence-electron chi connectivity index (χ0n) is 16.5. The van der Waals surface area contributed by atoms with Crippen molar-refractivity contribution in [2.45, 2.75) is 38.6 Å². The van der Waals surface area contributed by atoms with Gasteiger partial charge in [0.15, 0.2) is 0 Å². The molecule has 0 aliphatic carbocycles. The first-order valence-corrected chi connectivity index (χ1v) is 9.75. The second-order valence-corrected chi connectivity index (χ2v) is 7.03. The van der Waals surface area contributed by atoms with E-state index in [0.29, 0.717) is 12.3 Å². The molecule has 0 spiro atoms. The highest BCUT2D eigenvalue weighted by Crippen LogP contribution is 2.31. The summed E-state index contributed by atoms with van der Waals surface area (Å²) in [4.78, 5) is 33.5. The Bertz CT molecular complexity index is 810. The van der Waals surface area contributed by atoms with Crippen molar-refractivity contribution in [3.63, 3.8) is 0 Å². The molecule has 1 fully saturated rings. The van der Waals surface area contributed by atoms with E-state index in [-0.39, 0.29) is 30.8 Å². The predicted octanol–water partition coefficient (Wildman–Crippen LogP) is 3.07. The van der Waals surface area contributed by atoms with Crippen LogP contribution in [-0.4, -0.2) is 47.9 Å². The number of unbranched alkanes of at least 4 members (excludes halogenated alkanes) is 1. The van der Waals surface area contributed by atoms with E-state index >= 15 is 0 Å². The van der Waals surface area contributed by atoms with Crippen LogP contribution in [0.4, 0.5) is 5.69 Å². The Hall–Kier alpha value is -2.89. The Morgan fingerprint density at radius 1 is 1.25 bits per heavy atom. The highest BCUT2D eigenvalue weighted by atomic mass is 16.5. The zero-order chi connectivity index (χ0) is 19.9. The Labute approximate surface area is 166 Å². The first kappa shape index (κ1) is 19.9. The number of ether oxygens (including phenoxy) is 1. The molecule has 0 unspecified atom stereocenters. The van der Waals surface area contributed by atoms with Crippen molar-refractivity contribution in [3.8, 4) is 5.75 Å². The molecule has 1 atom stereocenters. The number of para-hydroxylation sites is 2. The number of carbonyl (C=O) groups excluding carboxylic acids is 2. The first-order chi connectivity index (χ1) is 13.6. The molecular weight excluding hydrogens is 354 g/mol. The number of hydrogen-bond acceptors (Lipinski definition) is 4. The minimum absolute atomic E-state index is 0.00765. The third-order valence-electron chi connectivity index (χ3n) is 5.11. The maximum Gasteiger partial charge on any atom is 0.246 e. The van der Waals surface area contributed by atoms with Gasteiger partial charge < -0.3 is 14.5 Å². The summed E-state index contributed by atoms with van der Waals surface area (Å²) in [6.07, 6.45) is 6.57. The van der Waals surface area contributed by atoms with Crippen molar-refractivity contribution in [1.82, 2.24) is 9.88 Å². The lowest BCUT2D eigenvalue weighted by Crippen LogP contribution is -2.58. The lowest BCUT2D eigenvalue weighted by molar-refractivity contribution is -0.139. The van der Waals surface area contributed by atoms with Crippen LogP contribution in [0.3, 0.4) is 0 Å².